The van der Waals surface area contributed by atoms with Gasteiger partial charge in [-0.05, 0) is 12.0 Å². The molecular weight excluding hydrogens is 318 g/mol. The SMILES string of the molecule is CC(C)C(O)C(C)(C)CNC(=O)NCc1ccccc1OC(F)F. The van der Waals surface area contributed by atoms with E-state index in [2.05, 4.69) is 15.4 Å². The normalized spacial score (nSPS) is 13.0. The van der Waals surface area contributed by atoms with Crippen molar-refractivity contribution in [3.8, 4) is 5.75 Å². The molecule has 0 radical (unpaired) electrons. The largest absolute Gasteiger partial charge is 0.434 e. The highest BCUT2D eigenvalue weighted by Gasteiger charge is 2.30. The molecule has 0 saturated carbocycles. The molecule has 0 aliphatic heterocycles. The van der Waals surface area contributed by atoms with Crippen molar-refractivity contribution in [2.45, 2.75) is 47.0 Å². The molecule has 1 rings (SSSR count). The zero-order valence-electron chi connectivity index (χ0n) is 14.5. The van der Waals surface area contributed by atoms with Gasteiger partial charge in [-0.15, -0.1) is 0 Å². The number of amides is 2. The van der Waals surface area contributed by atoms with Gasteiger partial charge in [-0.25, -0.2) is 4.79 Å². The molecule has 0 heterocycles. The Kier molecular flexibility index (Phi) is 7.41. The Labute approximate surface area is 141 Å². The van der Waals surface area contributed by atoms with Crippen LogP contribution >= 0.6 is 0 Å². The second-order valence-corrected chi connectivity index (χ2v) is 6.70. The third-order valence-electron chi connectivity index (χ3n) is 3.76. The summed E-state index contributed by atoms with van der Waals surface area (Å²) in [5.74, 6) is 0.103. The average molecular weight is 344 g/mol. The van der Waals surface area contributed by atoms with E-state index in [1.807, 2.05) is 27.7 Å². The van der Waals surface area contributed by atoms with Crippen LogP contribution in [0.2, 0.25) is 0 Å². The number of alkyl halides is 2. The van der Waals surface area contributed by atoms with Crippen molar-refractivity contribution < 1.29 is 23.4 Å². The fourth-order valence-corrected chi connectivity index (χ4v) is 2.41. The minimum absolute atomic E-state index is 0.0309. The molecule has 0 bridgehead atoms. The van der Waals surface area contributed by atoms with E-state index in [1.165, 1.54) is 6.07 Å². The Bertz CT molecular complexity index is 536. The van der Waals surface area contributed by atoms with E-state index in [9.17, 15) is 18.7 Å². The molecule has 0 aliphatic carbocycles. The summed E-state index contributed by atoms with van der Waals surface area (Å²) in [6.07, 6.45) is -0.557. The molecule has 0 saturated heterocycles. The first-order valence-corrected chi connectivity index (χ1v) is 7.86. The predicted octanol–water partition coefficient (Wildman–Crippen LogP) is 3.13. The fourth-order valence-electron chi connectivity index (χ4n) is 2.41. The van der Waals surface area contributed by atoms with E-state index in [1.54, 1.807) is 18.2 Å². The van der Waals surface area contributed by atoms with Gasteiger partial charge >= 0.3 is 12.6 Å². The van der Waals surface area contributed by atoms with Gasteiger partial charge in [0.2, 0.25) is 0 Å². The maximum Gasteiger partial charge on any atom is 0.387 e. The van der Waals surface area contributed by atoms with Crippen molar-refractivity contribution in [1.29, 1.82) is 0 Å². The number of carbonyl (C=O) groups excluding carboxylic acids is 1. The van der Waals surface area contributed by atoms with Crippen molar-refractivity contribution in [1.82, 2.24) is 10.6 Å². The highest BCUT2D eigenvalue weighted by molar-refractivity contribution is 5.73. The van der Waals surface area contributed by atoms with Gasteiger partial charge in [-0.1, -0.05) is 45.9 Å². The fraction of sp³-hybridized carbons (Fsp3) is 0.588. The number of ether oxygens (including phenoxy) is 1. The van der Waals surface area contributed by atoms with Gasteiger partial charge < -0.3 is 20.5 Å². The number of rotatable bonds is 8. The monoisotopic (exact) mass is 344 g/mol. The van der Waals surface area contributed by atoms with Crippen LogP contribution in [0.3, 0.4) is 0 Å². The van der Waals surface area contributed by atoms with Gasteiger partial charge in [0.25, 0.3) is 0 Å². The van der Waals surface area contributed by atoms with Crippen molar-refractivity contribution in [2.75, 3.05) is 6.54 Å². The van der Waals surface area contributed by atoms with Crippen molar-refractivity contribution >= 4 is 6.03 Å². The number of benzene rings is 1. The number of carbonyl (C=O) groups is 1. The Morgan fingerprint density at radius 1 is 1.25 bits per heavy atom. The zero-order valence-corrected chi connectivity index (χ0v) is 14.5. The Morgan fingerprint density at radius 3 is 2.46 bits per heavy atom. The van der Waals surface area contributed by atoms with Crippen LogP contribution in [0, 0.1) is 11.3 Å². The highest BCUT2D eigenvalue weighted by atomic mass is 19.3. The van der Waals surface area contributed by atoms with Crippen LogP contribution < -0.4 is 15.4 Å². The van der Waals surface area contributed by atoms with Crippen molar-refractivity contribution in [3.05, 3.63) is 29.8 Å². The van der Waals surface area contributed by atoms with Crippen LogP contribution in [0.4, 0.5) is 13.6 Å². The predicted molar refractivity (Wildman–Crippen MR) is 87.9 cm³/mol. The third-order valence-corrected chi connectivity index (χ3v) is 3.76. The zero-order chi connectivity index (χ0) is 18.3. The van der Waals surface area contributed by atoms with Crippen LogP contribution in [0.25, 0.3) is 0 Å². The van der Waals surface area contributed by atoms with E-state index in [0.29, 0.717) is 5.56 Å². The number of aliphatic hydroxyl groups excluding tert-OH is 1. The first-order valence-electron chi connectivity index (χ1n) is 7.86. The molecule has 5 nitrogen and oxygen atoms in total. The molecule has 0 spiro atoms. The Balaban J connectivity index is 2.53. The summed E-state index contributed by atoms with van der Waals surface area (Å²) >= 11 is 0. The minimum atomic E-state index is -2.92. The molecule has 7 heteroatoms. The quantitative estimate of drug-likeness (QED) is 0.678. The van der Waals surface area contributed by atoms with Gasteiger partial charge in [-0.2, -0.15) is 8.78 Å². The number of para-hydroxylation sites is 1. The summed E-state index contributed by atoms with van der Waals surface area (Å²) < 4.78 is 29.1. The van der Waals surface area contributed by atoms with E-state index >= 15 is 0 Å². The summed E-state index contributed by atoms with van der Waals surface area (Å²) in [6.45, 7) is 4.97. The number of hydrogen-bond acceptors (Lipinski definition) is 3. The number of hydrogen-bond donors (Lipinski definition) is 3. The van der Waals surface area contributed by atoms with Gasteiger partial charge in [-0.3, -0.25) is 0 Å². The lowest BCUT2D eigenvalue weighted by Crippen LogP contribution is -2.46. The van der Waals surface area contributed by atoms with Crippen molar-refractivity contribution in [3.63, 3.8) is 0 Å². The average Bonchev–Trinajstić information content (AvgIpc) is 2.50. The van der Waals surface area contributed by atoms with Crippen LogP contribution in [0.15, 0.2) is 24.3 Å². The molecule has 136 valence electrons. The number of halogens is 2. The van der Waals surface area contributed by atoms with Crippen LogP contribution in [0.1, 0.15) is 33.3 Å². The summed E-state index contributed by atoms with van der Waals surface area (Å²) in [5, 5.41) is 15.4. The molecule has 1 unspecified atom stereocenters. The van der Waals surface area contributed by atoms with Gasteiger partial charge in [0.1, 0.15) is 5.75 Å². The smallest absolute Gasteiger partial charge is 0.387 e. The van der Waals surface area contributed by atoms with Crippen molar-refractivity contribution in [2.24, 2.45) is 11.3 Å². The Hall–Kier alpha value is -1.89. The third kappa shape index (κ3) is 6.31. The number of aliphatic hydroxyl groups is 1. The molecule has 1 atom stereocenters. The molecule has 24 heavy (non-hydrogen) atoms. The maximum absolute atomic E-state index is 12.3. The molecule has 1 aromatic carbocycles. The van der Waals surface area contributed by atoms with Crippen LogP contribution in [-0.4, -0.2) is 30.4 Å². The van der Waals surface area contributed by atoms with Crippen LogP contribution in [-0.2, 0) is 6.54 Å². The van der Waals surface area contributed by atoms with E-state index in [4.69, 9.17) is 0 Å². The van der Waals surface area contributed by atoms with Gasteiger partial charge in [0.15, 0.2) is 0 Å². The lowest BCUT2D eigenvalue weighted by molar-refractivity contribution is -0.0504. The molecule has 0 aromatic heterocycles. The standard InChI is InChI=1S/C17H26F2N2O3/c1-11(2)14(22)17(3,4)10-21-16(23)20-9-12-7-5-6-8-13(12)24-15(18)19/h5-8,11,14-15,22H,9-10H2,1-4H3,(H2,20,21,23). The number of nitrogens with one attached hydrogen (secondary N) is 2. The second-order valence-electron chi connectivity index (χ2n) is 6.70. The second kappa shape index (κ2) is 8.82. The van der Waals surface area contributed by atoms with Gasteiger partial charge in [0.05, 0.1) is 6.10 Å². The molecule has 0 fully saturated rings. The maximum atomic E-state index is 12.3. The lowest BCUT2D eigenvalue weighted by atomic mass is 9.81. The molecule has 0 aliphatic rings. The molecule has 3 N–H and O–H groups in total. The lowest BCUT2D eigenvalue weighted by Gasteiger charge is -2.33. The first kappa shape index (κ1) is 20.2. The first-order chi connectivity index (χ1) is 11.1. The van der Waals surface area contributed by atoms with E-state index < -0.39 is 24.2 Å². The molecule has 2 amide bonds. The van der Waals surface area contributed by atoms with E-state index in [-0.39, 0.29) is 24.8 Å². The van der Waals surface area contributed by atoms with E-state index in [0.717, 1.165) is 0 Å². The summed E-state index contributed by atoms with van der Waals surface area (Å²) in [4.78, 5) is 11.9. The summed E-state index contributed by atoms with van der Waals surface area (Å²) in [5.41, 5.74) is -0.0308. The minimum Gasteiger partial charge on any atom is -0.434 e. The van der Waals surface area contributed by atoms with Gasteiger partial charge in [0, 0.05) is 24.1 Å². The summed E-state index contributed by atoms with van der Waals surface area (Å²) in [6, 6.07) is 5.84. The summed E-state index contributed by atoms with van der Waals surface area (Å²) in [7, 11) is 0. The number of urea groups is 1. The molecular formula is C17H26F2N2O3. The topological polar surface area (TPSA) is 70.6 Å². The highest BCUT2D eigenvalue weighted by Crippen LogP contribution is 2.25. The Morgan fingerprint density at radius 2 is 1.88 bits per heavy atom. The molecule has 1 aromatic rings. The van der Waals surface area contributed by atoms with Crippen LogP contribution in [0.5, 0.6) is 5.75 Å².